The molecule has 0 amide bonds. The predicted octanol–water partition coefficient (Wildman–Crippen LogP) is 4.76. The normalized spacial score (nSPS) is 10.9. The van der Waals surface area contributed by atoms with Gasteiger partial charge < -0.3 is 14.2 Å². The van der Waals surface area contributed by atoms with Crippen LogP contribution in [0.2, 0.25) is 0 Å². The van der Waals surface area contributed by atoms with Crippen molar-refractivity contribution in [2.45, 2.75) is 0 Å². The number of rotatable bonds is 6. The molecule has 0 heterocycles. The molecule has 0 radical (unpaired) electrons. The molecule has 3 rings (SSSR count). The Morgan fingerprint density at radius 1 is 0.808 bits per heavy atom. The number of methoxy groups -OCH3 is 3. The maximum Gasteiger partial charge on any atom is 0.204 e. The van der Waals surface area contributed by atoms with Crippen LogP contribution in [0.5, 0.6) is 17.2 Å². The SMILES string of the molecule is COc1ccc(C(=O)/C=C/c2ccc3ccccc3c2)c(OC)c1OC. The summed E-state index contributed by atoms with van der Waals surface area (Å²) >= 11 is 0. The molecular weight excluding hydrogens is 328 g/mol. The number of benzene rings is 3. The minimum Gasteiger partial charge on any atom is -0.493 e. The van der Waals surface area contributed by atoms with Crippen LogP contribution in [0.15, 0.2) is 60.7 Å². The summed E-state index contributed by atoms with van der Waals surface area (Å²) < 4.78 is 16.0. The van der Waals surface area contributed by atoms with E-state index in [0.717, 1.165) is 16.3 Å². The first-order valence-corrected chi connectivity index (χ1v) is 8.18. The van der Waals surface area contributed by atoms with Crippen LogP contribution in [-0.2, 0) is 0 Å². The van der Waals surface area contributed by atoms with E-state index in [4.69, 9.17) is 14.2 Å². The fourth-order valence-corrected chi connectivity index (χ4v) is 2.87. The van der Waals surface area contributed by atoms with E-state index in [0.29, 0.717) is 22.8 Å². The summed E-state index contributed by atoms with van der Waals surface area (Å²) in [5, 5.41) is 2.29. The Balaban J connectivity index is 1.92. The third kappa shape index (κ3) is 3.40. The van der Waals surface area contributed by atoms with Crippen LogP contribution in [0.4, 0.5) is 0 Å². The van der Waals surface area contributed by atoms with Crippen LogP contribution in [-0.4, -0.2) is 27.1 Å². The van der Waals surface area contributed by atoms with Gasteiger partial charge in [0.05, 0.1) is 26.9 Å². The first kappa shape index (κ1) is 17.5. The van der Waals surface area contributed by atoms with Gasteiger partial charge in [-0.25, -0.2) is 0 Å². The van der Waals surface area contributed by atoms with Crippen LogP contribution in [0.25, 0.3) is 16.8 Å². The molecule has 0 aliphatic rings. The topological polar surface area (TPSA) is 44.8 Å². The Kier molecular flexibility index (Phi) is 5.23. The highest BCUT2D eigenvalue weighted by atomic mass is 16.5. The van der Waals surface area contributed by atoms with Gasteiger partial charge in [0.15, 0.2) is 17.3 Å². The van der Waals surface area contributed by atoms with Crippen molar-refractivity contribution in [2.75, 3.05) is 21.3 Å². The Morgan fingerprint density at radius 3 is 2.23 bits per heavy atom. The number of fused-ring (bicyclic) bond motifs is 1. The molecule has 0 aliphatic carbocycles. The summed E-state index contributed by atoms with van der Waals surface area (Å²) in [6, 6.07) is 17.5. The second-order valence-corrected chi connectivity index (χ2v) is 5.69. The van der Waals surface area contributed by atoms with E-state index in [-0.39, 0.29) is 5.78 Å². The van der Waals surface area contributed by atoms with Gasteiger partial charge >= 0.3 is 0 Å². The van der Waals surface area contributed by atoms with Crippen molar-refractivity contribution in [3.63, 3.8) is 0 Å². The quantitative estimate of drug-likeness (QED) is 0.476. The zero-order valence-corrected chi connectivity index (χ0v) is 15.0. The van der Waals surface area contributed by atoms with Crippen molar-refractivity contribution < 1.29 is 19.0 Å². The average Bonchev–Trinajstić information content (AvgIpc) is 2.70. The van der Waals surface area contributed by atoms with E-state index in [2.05, 4.69) is 6.07 Å². The van der Waals surface area contributed by atoms with Crippen LogP contribution in [0.3, 0.4) is 0 Å². The number of hydrogen-bond acceptors (Lipinski definition) is 4. The van der Waals surface area contributed by atoms with E-state index >= 15 is 0 Å². The number of carbonyl (C=O) groups excluding carboxylic acids is 1. The lowest BCUT2D eigenvalue weighted by Crippen LogP contribution is -2.02. The first-order valence-electron chi connectivity index (χ1n) is 8.18. The minimum absolute atomic E-state index is 0.170. The van der Waals surface area contributed by atoms with E-state index in [1.54, 1.807) is 25.3 Å². The molecule has 0 spiro atoms. The summed E-state index contributed by atoms with van der Waals surface area (Å²) in [5.74, 6) is 1.11. The van der Waals surface area contributed by atoms with Crippen molar-refractivity contribution in [1.29, 1.82) is 0 Å². The van der Waals surface area contributed by atoms with Crippen LogP contribution >= 0.6 is 0 Å². The third-order valence-corrected chi connectivity index (χ3v) is 4.17. The average molecular weight is 348 g/mol. The maximum absolute atomic E-state index is 12.7. The monoisotopic (exact) mass is 348 g/mol. The summed E-state index contributed by atoms with van der Waals surface area (Å²) in [5.41, 5.74) is 1.37. The van der Waals surface area contributed by atoms with Crippen LogP contribution in [0, 0.1) is 0 Å². The molecule has 26 heavy (non-hydrogen) atoms. The lowest BCUT2D eigenvalue weighted by molar-refractivity contribution is 0.104. The van der Waals surface area contributed by atoms with E-state index in [1.807, 2.05) is 36.4 Å². The van der Waals surface area contributed by atoms with E-state index < -0.39 is 0 Å². The van der Waals surface area contributed by atoms with Gasteiger partial charge in [0.2, 0.25) is 5.75 Å². The molecule has 0 saturated heterocycles. The molecular formula is C22H20O4. The summed E-state index contributed by atoms with van der Waals surface area (Å²) in [6.07, 6.45) is 3.33. The number of ether oxygens (including phenoxy) is 3. The molecule has 0 N–H and O–H groups in total. The Hall–Kier alpha value is -3.27. The van der Waals surface area contributed by atoms with Gasteiger partial charge in [-0.05, 0) is 40.6 Å². The zero-order chi connectivity index (χ0) is 18.5. The molecule has 0 fully saturated rings. The number of ketones is 1. The van der Waals surface area contributed by atoms with Gasteiger partial charge in [0.1, 0.15) is 0 Å². The molecule has 0 saturated carbocycles. The second kappa shape index (κ2) is 7.74. The van der Waals surface area contributed by atoms with Crippen LogP contribution in [0.1, 0.15) is 15.9 Å². The largest absolute Gasteiger partial charge is 0.493 e. The van der Waals surface area contributed by atoms with Gasteiger partial charge in [0, 0.05) is 0 Å². The molecule has 0 bridgehead atoms. The van der Waals surface area contributed by atoms with Crippen LogP contribution < -0.4 is 14.2 Å². The molecule has 0 atom stereocenters. The smallest absolute Gasteiger partial charge is 0.204 e. The summed E-state index contributed by atoms with van der Waals surface area (Å²) in [6.45, 7) is 0. The molecule has 0 aromatic heterocycles. The lowest BCUT2D eigenvalue weighted by atomic mass is 10.0. The maximum atomic E-state index is 12.7. The zero-order valence-electron chi connectivity index (χ0n) is 15.0. The number of carbonyl (C=O) groups is 1. The van der Waals surface area contributed by atoms with Gasteiger partial charge in [-0.2, -0.15) is 0 Å². The van der Waals surface area contributed by atoms with Crippen molar-refractivity contribution in [3.05, 3.63) is 71.8 Å². The van der Waals surface area contributed by atoms with E-state index in [1.165, 1.54) is 20.3 Å². The molecule has 4 heteroatoms. The molecule has 0 aliphatic heterocycles. The van der Waals surface area contributed by atoms with E-state index in [9.17, 15) is 4.79 Å². The Morgan fingerprint density at radius 2 is 1.54 bits per heavy atom. The highest BCUT2D eigenvalue weighted by Crippen LogP contribution is 2.40. The standard InChI is InChI=1S/C22H20O4/c1-24-20-13-11-18(21(25-2)22(20)26-3)19(23)12-9-15-8-10-16-6-4-5-7-17(16)14-15/h4-14H,1-3H3/b12-9+. The van der Waals surface area contributed by atoms with Crippen molar-refractivity contribution in [2.24, 2.45) is 0 Å². The first-order chi connectivity index (χ1) is 12.7. The molecule has 4 nitrogen and oxygen atoms in total. The second-order valence-electron chi connectivity index (χ2n) is 5.69. The summed E-state index contributed by atoms with van der Waals surface area (Å²) in [4.78, 5) is 12.7. The molecule has 3 aromatic carbocycles. The highest BCUT2D eigenvalue weighted by Gasteiger charge is 2.19. The fraction of sp³-hybridized carbons (Fsp3) is 0.136. The Bertz CT molecular complexity index is 973. The molecule has 132 valence electrons. The fourth-order valence-electron chi connectivity index (χ4n) is 2.87. The van der Waals surface area contributed by atoms with Crippen molar-refractivity contribution in [1.82, 2.24) is 0 Å². The Labute approximate surface area is 152 Å². The van der Waals surface area contributed by atoms with Gasteiger partial charge in [-0.15, -0.1) is 0 Å². The van der Waals surface area contributed by atoms with Gasteiger partial charge in [-0.3, -0.25) is 4.79 Å². The molecule has 0 unspecified atom stereocenters. The van der Waals surface area contributed by atoms with Crippen molar-refractivity contribution >= 4 is 22.6 Å². The predicted molar refractivity (Wildman–Crippen MR) is 103 cm³/mol. The number of hydrogen-bond donors (Lipinski definition) is 0. The van der Waals surface area contributed by atoms with Gasteiger partial charge in [-0.1, -0.05) is 42.5 Å². The summed E-state index contributed by atoms with van der Waals surface area (Å²) in [7, 11) is 4.55. The number of allylic oxidation sites excluding steroid dienone is 1. The van der Waals surface area contributed by atoms with Crippen molar-refractivity contribution in [3.8, 4) is 17.2 Å². The lowest BCUT2D eigenvalue weighted by Gasteiger charge is -2.14. The molecule has 3 aromatic rings. The highest BCUT2D eigenvalue weighted by molar-refractivity contribution is 6.09. The van der Waals surface area contributed by atoms with Gasteiger partial charge in [0.25, 0.3) is 0 Å². The minimum atomic E-state index is -0.170. The third-order valence-electron chi connectivity index (χ3n) is 4.17.